The maximum Gasteiger partial charge on any atom is 0.416 e. The molecule has 174 valence electrons. The number of rotatable bonds is 7. The van der Waals surface area contributed by atoms with Crippen molar-refractivity contribution >= 4 is 28.5 Å². The summed E-state index contributed by atoms with van der Waals surface area (Å²) >= 11 is 5.96. The molecule has 0 saturated heterocycles. The van der Waals surface area contributed by atoms with E-state index < -0.39 is 28.7 Å². The third-order valence-electron chi connectivity index (χ3n) is 5.53. The van der Waals surface area contributed by atoms with Crippen LogP contribution >= 0.6 is 11.6 Å². The lowest BCUT2D eigenvalue weighted by atomic mass is 9.80. The van der Waals surface area contributed by atoms with E-state index in [1.807, 2.05) is 0 Å². The van der Waals surface area contributed by atoms with Crippen LogP contribution in [-0.4, -0.2) is 29.9 Å². The summed E-state index contributed by atoms with van der Waals surface area (Å²) in [5.74, 6) is -0.349. The molecule has 1 fully saturated rings. The smallest absolute Gasteiger partial charge is 0.416 e. The van der Waals surface area contributed by atoms with Gasteiger partial charge in [-0.25, -0.2) is 4.79 Å². The van der Waals surface area contributed by atoms with Crippen LogP contribution in [-0.2, 0) is 15.7 Å². The van der Waals surface area contributed by atoms with Crippen molar-refractivity contribution in [2.75, 3.05) is 13.2 Å². The van der Waals surface area contributed by atoms with Gasteiger partial charge in [-0.2, -0.15) is 13.2 Å². The molecule has 4 rings (SSSR count). The molecule has 10 heteroatoms. The Balaban J connectivity index is 1.47. The van der Waals surface area contributed by atoms with Crippen LogP contribution in [0, 0.1) is 0 Å². The van der Waals surface area contributed by atoms with Crippen LogP contribution in [0.3, 0.4) is 0 Å². The van der Waals surface area contributed by atoms with Crippen LogP contribution in [0.1, 0.15) is 24.8 Å². The highest BCUT2D eigenvalue weighted by Gasteiger charge is 2.45. The van der Waals surface area contributed by atoms with E-state index in [0.717, 1.165) is 12.5 Å². The first-order valence-corrected chi connectivity index (χ1v) is 10.4. The molecule has 0 spiro atoms. The number of ether oxygens (including phenoxy) is 2. The summed E-state index contributed by atoms with van der Waals surface area (Å²) in [7, 11) is 0. The molecule has 1 aliphatic rings. The molecule has 0 unspecified atom stereocenters. The number of alkyl halides is 3. The minimum Gasteiger partial charge on any atom is -0.491 e. The Labute approximate surface area is 190 Å². The normalized spacial score (nSPS) is 15.3. The van der Waals surface area contributed by atoms with Crippen LogP contribution in [0.25, 0.3) is 22.3 Å². The fourth-order valence-corrected chi connectivity index (χ4v) is 3.81. The van der Waals surface area contributed by atoms with Crippen LogP contribution in [0.2, 0.25) is 5.02 Å². The van der Waals surface area contributed by atoms with E-state index in [4.69, 9.17) is 25.5 Å². The van der Waals surface area contributed by atoms with Crippen LogP contribution < -0.4 is 10.2 Å². The molecule has 0 aliphatic heterocycles. The average molecular weight is 483 g/mol. The Morgan fingerprint density at radius 1 is 1.12 bits per heavy atom. The number of carboxylic acids is 1. The second kappa shape index (κ2) is 8.72. The zero-order valence-corrected chi connectivity index (χ0v) is 17.8. The minimum atomic E-state index is -4.64. The number of carboxylic acid groups (broad SMARTS) is 1. The topological polar surface area (TPSA) is 86.0 Å². The van der Waals surface area contributed by atoms with Crippen LogP contribution in [0.5, 0.6) is 5.75 Å². The molecule has 6 nitrogen and oxygen atoms in total. The van der Waals surface area contributed by atoms with E-state index in [1.54, 1.807) is 24.3 Å². The maximum atomic E-state index is 13.0. The predicted octanol–water partition coefficient (Wildman–Crippen LogP) is 5.53. The van der Waals surface area contributed by atoms with E-state index >= 15 is 0 Å². The van der Waals surface area contributed by atoms with Gasteiger partial charge < -0.3 is 19.0 Å². The molecule has 1 N–H and O–H groups in total. The largest absolute Gasteiger partial charge is 0.491 e. The highest BCUT2D eigenvalue weighted by molar-refractivity contribution is 6.34. The summed E-state index contributed by atoms with van der Waals surface area (Å²) in [6.45, 7) is 0.266. The molecule has 33 heavy (non-hydrogen) atoms. The Morgan fingerprint density at radius 3 is 2.39 bits per heavy atom. The SMILES string of the molecule is O=C(O)C1(OCCOc2ccc(-c3cc(=O)c4cc(C(F)(F)F)cc(Cl)c4o3)cc2)CCC1. The predicted molar refractivity (Wildman–Crippen MR) is 114 cm³/mol. The van der Waals surface area contributed by atoms with Gasteiger partial charge in [0.2, 0.25) is 0 Å². The Morgan fingerprint density at radius 2 is 1.82 bits per heavy atom. The Kier molecular flexibility index (Phi) is 6.11. The number of carbonyl (C=O) groups is 1. The van der Waals surface area contributed by atoms with Crippen molar-refractivity contribution in [1.29, 1.82) is 0 Å². The van der Waals surface area contributed by atoms with Gasteiger partial charge in [-0.3, -0.25) is 4.79 Å². The zero-order chi connectivity index (χ0) is 23.8. The van der Waals surface area contributed by atoms with Crippen LogP contribution in [0.15, 0.2) is 51.7 Å². The highest BCUT2D eigenvalue weighted by Crippen LogP contribution is 2.37. The third-order valence-corrected chi connectivity index (χ3v) is 5.81. The minimum absolute atomic E-state index is 0.117. The van der Waals surface area contributed by atoms with Crippen molar-refractivity contribution in [3.8, 4) is 17.1 Å². The first kappa shape index (κ1) is 23.1. The number of halogens is 4. The number of hydrogen-bond donors (Lipinski definition) is 1. The van der Waals surface area contributed by atoms with E-state index in [9.17, 15) is 27.9 Å². The van der Waals surface area contributed by atoms with Crippen molar-refractivity contribution < 1.29 is 37.0 Å². The quantitative estimate of drug-likeness (QED) is 0.445. The Bertz CT molecular complexity index is 1250. The first-order chi connectivity index (χ1) is 15.6. The molecule has 0 amide bonds. The molecular weight excluding hydrogens is 465 g/mol. The molecule has 2 aromatic carbocycles. The summed E-state index contributed by atoms with van der Waals surface area (Å²) < 4.78 is 55.7. The molecule has 0 bridgehead atoms. The van der Waals surface area contributed by atoms with Crippen molar-refractivity contribution in [2.45, 2.75) is 31.0 Å². The standard InChI is InChI=1S/C23H18ClF3O6/c24-17-11-14(23(25,26)27)10-16-18(28)12-19(33-20(16)17)13-2-4-15(5-3-13)31-8-9-32-22(21(29)30)6-1-7-22/h2-5,10-12H,1,6-9H2,(H,29,30). The van der Waals surface area contributed by atoms with E-state index in [-0.39, 0.29) is 35.0 Å². The lowest BCUT2D eigenvalue weighted by Gasteiger charge is -2.37. The Hall–Kier alpha value is -3.04. The molecule has 0 radical (unpaired) electrons. The van der Waals surface area contributed by atoms with Gasteiger partial charge in [0.05, 0.1) is 22.6 Å². The van der Waals surface area contributed by atoms with Gasteiger partial charge in [0.25, 0.3) is 0 Å². The lowest BCUT2D eigenvalue weighted by molar-refractivity contribution is -0.179. The second-order valence-electron chi connectivity index (χ2n) is 7.68. The first-order valence-electron chi connectivity index (χ1n) is 10.0. The van der Waals surface area contributed by atoms with Gasteiger partial charge in [-0.05, 0) is 55.7 Å². The second-order valence-corrected chi connectivity index (χ2v) is 8.09. The summed E-state index contributed by atoms with van der Waals surface area (Å²) in [6, 6.07) is 8.99. The van der Waals surface area contributed by atoms with E-state index in [1.165, 1.54) is 0 Å². The number of fused-ring (bicyclic) bond motifs is 1. The number of hydrogen-bond acceptors (Lipinski definition) is 5. The van der Waals surface area contributed by atoms with Gasteiger partial charge in [0.15, 0.2) is 16.6 Å². The molecule has 1 saturated carbocycles. The van der Waals surface area contributed by atoms with E-state index in [2.05, 4.69) is 0 Å². The van der Waals surface area contributed by atoms with Crippen molar-refractivity contribution in [2.24, 2.45) is 0 Å². The fraction of sp³-hybridized carbons (Fsp3) is 0.304. The molecule has 1 aliphatic carbocycles. The third kappa shape index (κ3) is 4.69. The number of benzene rings is 2. The lowest BCUT2D eigenvalue weighted by Crippen LogP contribution is -2.48. The zero-order valence-electron chi connectivity index (χ0n) is 17.1. The van der Waals surface area contributed by atoms with Gasteiger partial charge in [0, 0.05) is 11.6 Å². The average Bonchev–Trinajstić information content (AvgIpc) is 2.72. The van der Waals surface area contributed by atoms with Crippen molar-refractivity contribution in [3.05, 3.63) is 63.3 Å². The fourth-order valence-electron chi connectivity index (χ4n) is 3.55. The molecule has 3 aromatic rings. The van der Waals surface area contributed by atoms with Crippen LogP contribution in [0.4, 0.5) is 13.2 Å². The van der Waals surface area contributed by atoms with Gasteiger partial charge >= 0.3 is 12.1 Å². The summed E-state index contributed by atoms with van der Waals surface area (Å²) in [5, 5.41) is 8.66. The summed E-state index contributed by atoms with van der Waals surface area (Å²) in [5.41, 5.74) is -2.43. The van der Waals surface area contributed by atoms with Gasteiger partial charge in [0.1, 0.15) is 18.1 Å². The van der Waals surface area contributed by atoms with Crippen molar-refractivity contribution in [3.63, 3.8) is 0 Å². The molecule has 0 atom stereocenters. The maximum absolute atomic E-state index is 13.0. The monoisotopic (exact) mass is 482 g/mol. The summed E-state index contributed by atoms with van der Waals surface area (Å²) in [4.78, 5) is 23.7. The summed E-state index contributed by atoms with van der Waals surface area (Å²) in [6.07, 6.45) is -2.87. The van der Waals surface area contributed by atoms with Gasteiger partial charge in [-0.1, -0.05) is 11.6 Å². The highest BCUT2D eigenvalue weighted by atomic mass is 35.5. The van der Waals surface area contributed by atoms with Gasteiger partial charge in [-0.15, -0.1) is 0 Å². The molecule has 1 aromatic heterocycles. The van der Waals surface area contributed by atoms with E-state index in [0.29, 0.717) is 36.3 Å². The van der Waals surface area contributed by atoms with Crippen molar-refractivity contribution in [1.82, 2.24) is 0 Å². The molecule has 1 heterocycles. The molecular formula is C23H18ClF3O6. The number of aliphatic carboxylic acids is 1.